The Bertz CT molecular complexity index is 1260. The summed E-state index contributed by atoms with van der Waals surface area (Å²) in [5.41, 5.74) is 8.45. The Labute approximate surface area is 215 Å². The van der Waals surface area contributed by atoms with Crippen LogP contribution in [0, 0.1) is 11.3 Å². The molecule has 0 bridgehead atoms. The lowest BCUT2D eigenvalue weighted by Gasteiger charge is -2.43. The minimum atomic E-state index is -0.742. The predicted octanol–water partition coefficient (Wildman–Crippen LogP) is 3.76. The van der Waals surface area contributed by atoms with Crippen molar-refractivity contribution < 1.29 is 4.79 Å². The highest BCUT2D eigenvalue weighted by Crippen LogP contribution is 2.48. The van der Waals surface area contributed by atoms with Crippen molar-refractivity contribution in [3.05, 3.63) is 46.7 Å². The Kier molecular flexibility index (Phi) is 6.21. The molecule has 0 radical (unpaired) electrons. The van der Waals surface area contributed by atoms with Gasteiger partial charge >= 0.3 is 0 Å². The maximum atomic E-state index is 13.6. The van der Waals surface area contributed by atoms with E-state index < -0.39 is 5.54 Å². The van der Waals surface area contributed by atoms with Crippen molar-refractivity contribution in [1.29, 1.82) is 5.26 Å². The normalized spacial score (nSPS) is 20.6. The molecule has 1 amide bonds. The minimum absolute atomic E-state index is 0.105. The van der Waals surface area contributed by atoms with E-state index in [1.807, 2.05) is 35.4 Å². The molecule has 2 aromatic rings. The number of aliphatic imine (C=N–C) groups is 1. The average Bonchev–Trinajstić information content (AvgIpc) is 3.06. The number of hydrogen-bond donors (Lipinski definition) is 1. The summed E-state index contributed by atoms with van der Waals surface area (Å²) in [6.07, 6.45) is 7.73. The number of pyridine rings is 1. The van der Waals surface area contributed by atoms with Crippen LogP contribution in [0.5, 0.6) is 0 Å². The Morgan fingerprint density at radius 2 is 2.03 bits per heavy atom. The molecule has 3 fully saturated rings. The summed E-state index contributed by atoms with van der Waals surface area (Å²) in [4.78, 5) is 28.2. The van der Waals surface area contributed by atoms with Crippen LogP contribution in [-0.2, 0) is 4.79 Å². The first-order valence-electron chi connectivity index (χ1n) is 11.7. The SMILES string of the molecule is CN1CCC(N=Cc2ccc(N3C(=S)N(c4cnc(C#N)c(Cl)c4)C(=O)C34CCC4)cc2N)CC1. The lowest BCUT2D eigenvalue weighted by atomic mass is 9.75. The predicted molar refractivity (Wildman–Crippen MR) is 142 cm³/mol. The molecule has 1 aromatic heterocycles. The first-order chi connectivity index (χ1) is 16.8. The van der Waals surface area contributed by atoms with Crippen molar-refractivity contribution in [3.63, 3.8) is 0 Å². The molecule has 180 valence electrons. The Morgan fingerprint density at radius 3 is 2.63 bits per heavy atom. The fraction of sp³-hybridized carbons (Fsp3) is 0.400. The van der Waals surface area contributed by atoms with Crippen molar-refractivity contribution in [1.82, 2.24) is 9.88 Å². The van der Waals surface area contributed by atoms with Crippen LogP contribution in [-0.4, -0.2) is 58.8 Å². The topological polar surface area (TPSA) is 102 Å². The van der Waals surface area contributed by atoms with Gasteiger partial charge in [-0.25, -0.2) is 4.98 Å². The zero-order valence-electron chi connectivity index (χ0n) is 19.4. The van der Waals surface area contributed by atoms with Crippen LogP contribution in [0.2, 0.25) is 5.02 Å². The second kappa shape index (κ2) is 9.19. The van der Waals surface area contributed by atoms with E-state index in [0.29, 0.717) is 35.4 Å². The van der Waals surface area contributed by atoms with Gasteiger partial charge in [0, 0.05) is 23.2 Å². The second-order valence-electron chi connectivity index (χ2n) is 9.41. The van der Waals surface area contributed by atoms with Crippen LogP contribution in [0.25, 0.3) is 0 Å². The van der Waals surface area contributed by atoms with Crippen LogP contribution in [0.4, 0.5) is 17.1 Å². The van der Waals surface area contributed by atoms with E-state index in [-0.39, 0.29) is 16.6 Å². The molecule has 2 N–H and O–H groups in total. The standard InChI is InChI=1S/C25H26ClN7OS/c1-31-9-5-17(6-10-31)29-14-16-3-4-18(12-21(16)28)33-24(35)32(23(34)25(33)7-2-8-25)19-11-20(26)22(13-27)30-15-19/h3-4,11-12,14-15,17H,2,5-10,28H2,1H3. The number of amides is 1. The van der Waals surface area contributed by atoms with Gasteiger partial charge in [0.2, 0.25) is 0 Å². The summed E-state index contributed by atoms with van der Waals surface area (Å²) in [6, 6.07) is 9.55. The first kappa shape index (κ1) is 23.7. The number of rotatable bonds is 4. The molecule has 10 heteroatoms. The smallest absolute Gasteiger partial charge is 0.259 e. The van der Waals surface area contributed by atoms with Crippen LogP contribution in [0.3, 0.4) is 0 Å². The van der Waals surface area contributed by atoms with E-state index in [1.165, 1.54) is 11.1 Å². The van der Waals surface area contributed by atoms with Crippen LogP contribution >= 0.6 is 23.8 Å². The van der Waals surface area contributed by atoms with E-state index in [0.717, 1.165) is 43.6 Å². The highest BCUT2D eigenvalue weighted by atomic mass is 35.5. The summed E-state index contributed by atoms with van der Waals surface area (Å²) in [5, 5.41) is 9.67. The van der Waals surface area contributed by atoms with Gasteiger partial charge in [-0.1, -0.05) is 11.6 Å². The summed E-state index contributed by atoms with van der Waals surface area (Å²) >= 11 is 12.0. The number of carbonyl (C=O) groups excluding carboxylic acids is 1. The number of nitrogens with zero attached hydrogens (tertiary/aromatic N) is 6. The van der Waals surface area contributed by atoms with Crippen LogP contribution in [0.1, 0.15) is 43.4 Å². The van der Waals surface area contributed by atoms with Crippen molar-refractivity contribution >= 4 is 58.1 Å². The van der Waals surface area contributed by atoms with E-state index in [2.05, 4.69) is 16.9 Å². The largest absolute Gasteiger partial charge is 0.398 e. The molecule has 3 aliphatic rings. The highest BCUT2D eigenvalue weighted by Gasteiger charge is 2.59. The van der Waals surface area contributed by atoms with E-state index >= 15 is 0 Å². The fourth-order valence-corrected chi connectivity index (χ4v) is 5.66. The number of halogens is 1. The van der Waals surface area contributed by atoms with Crippen molar-refractivity contribution in [3.8, 4) is 6.07 Å². The molecule has 35 heavy (non-hydrogen) atoms. The number of nitrogen functional groups attached to an aromatic ring is 1. The lowest BCUT2D eigenvalue weighted by Crippen LogP contribution is -2.55. The molecule has 1 aliphatic carbocycles. The molecule has 1 saturated carbocycles. The number of anilines is 3. The zero-order valence-corrected chi connectivity index (χ0v) is 21.0. The molecule has 2 saturated heterocycles. The van der Waals surface area contributed by atoms with E-state index in [1.54, 1.807) is 6.07 Å². The number of aromatic nitrogens is 1. The van der Waals surface area contributed by atoms with Gasteiger partial charge in [-0.3, -0.25) is 14.7 Å². The number of benzene rings is 1. The summed E-state index contributed by atoms with van der Waals surface area (Å²) in [5.74, 6) is -0.109. The third-order valence-corrected chi connectivity index (χ3v) is 7.88. The third kappa shape index (κ3) is 4.05. The number of thiocarbonyl (C=S) groups is 1. The quantitative estimate of drug-likeness (QED) is 0.382. The Balaban J connectivity index is 1.43. The second-order valence-corrected chi connectivity index (χ2v) is 10.2. The van der Waals surface area contributed by atoms with Crippen LogP contribution < -0.4 is 15.5 Å². The summed E-state index contributed by atoms with van der Waals surface area (Å²) < 4.78 is 0. The van der Waals surface area contributed by atoms with Gasteiger partial charge in [0.15, 0.2) is 10.8 Å². The molecule has 1 spiro atoms. The van der Waals surface area contributed by atoms with Gasteiger partial charge in [-0.2, -0.15) is 5.26 Å². The van der Waals surface area contributed by atoms with E-state index in [4.69, 9.17) is 39.8 Å². The summed E-state index contributed by atoms with van der Waals surface area (Å²) in [6.45, 7) is 2.10. The maximum Gasteiger partial charge on any atom is 0.259 e. The molecule has 3 heterocycles. The Morgan fingerprint density at radius 1 is 1.29 bits per heavy atom. The molecule has 0 unspecified atom stereocenters. The van der Waals surface area contributed by atoms with Gasteiger partial charge in [0.1, 0.15) is 11.6 Å². The first-order valence-corrected chi connectivity index (χ1v) is 12.5. The lowest BCUT2D eigenvalue weighted by molar-refractivity contribution is -0.123. The molecule has 5 rings (SSSR count). The minimum Gasteiger partial charge on any atom is -0.398 e. The van der Waals surface area contributed by atoms with Gasteiger partial charge < -0.3 is 15.5 Å². The highest BCUT2D eigenvalue weighted by molar-refractivity contribution is 7.81. The average molecular weight is 508 g/mol. The fourth-order valence-electron chi connectivity index (χ4n) is 4.99. The Hall–Kier alpha value is -3.06. The molecule has 2 aliphatic heterocycles. The third-order valence-electron chi connectivity index (χ3n) is 7.22. The number of carbonyl (C=O) groups is 1. The van der Waals surface area contributed by atoms with Crippen molar-refractivity contribution in [2.75, 3.05) is 35.7 Å². The molecular formula is C25H26ClN7OS. The number of piperidine rings is 1. The van der Waals surface area contributed by atoms with Crippen LogP contribution in [0.15, 0.2) is 35.5 Å². The zero-order chi connectivity index (χ0) is 24.7. The van der Waals surface area contributed by atoms with Gasteiger partial charge in [0.05, 0.1) is 22.9 Å². The molecule has 8 nitrogen and oxygen atoms in total. The summed E-state index contributed by atoms with van der Waals surface area (Å²) in [7, 11) is 2.13. The number of nitrogens with two attached hydrogens (primary N) is 1. The van der Waals surface area contributed by atoms with Crippen molar-refractivity contribution in [2.24, 2.45) is 4.99 Å². The van der Waals surface area contributed by atoms with Gasteiger partial charge in [-0.05, 0) is 88.7 Å². The number of nitriles is 1. The van der Waals surface area contributed by atoms with Gasteiger partial charge in [-0.15, -0.1) is 0 Å². The molecule has 1 aromatic carbocycles. The van der Waals surface area contributed by atoms with Gasteiger partial charge in [0.25, 0.3) is 5.91 Å². The van der Waals surface area contributed by atoms with Crippen molar-refractivity contribution in [2.45, 2.75) is 43.7 Å². The number of likely N-dealkylation sites (tertiary alicyclic amines) is 1. The molecule has 0 atom stereocenters. The maximum absolute atomic E-state index is 13.6. The molecular weight excluding hydrogens is 482 g/mol. The number of hydrogen-bond acceptors (Lipinski definition) is 7. The monoisotopic (exact) mass is 507 g/mol. The van der Waals surface area contributed by atoms with E-state index in [9.17, 15) is 4.79 Å².